The Morgan fingerprint density at radius 3 is 2.77 bits per heavy atom. The number of carbonyl (C=O) groups excluding carboxylic acids is 1. The molecule has 7 heteroatoms. The highest BCUT2D eigenvalue weighted by molar-refractivity contribution is 14.1. The van der Waals surface area contributed by atoms with Crippen molar-refractivity contribution in [2.75, 3.05) is 7.11 Å². The SMILES string of the molecule is COc1ccc(C(=O)N/N=C/c2cccc(Cl)c2Cl)cc1I. The number of hydrogen-bond acceptors (Lipinski definition) is 3. The minimum Gasteiger partial charge on any atom is -0.496 e. The number of hydrogen-bond donors (Lipinski definition) is 1. The van der Waals surface area contributed by atoms with Gasteiger partial charge in [-0.2, -0.15) is 5.10 Å². The van der Waals surface area contributed by atoms with Crippen molar-refractivity contribution in [1.29, 1.82) is 0 Å². The van der Waals surface area contributed by atoms with Crippen molar-refractivity contribution in [3.8, 4) is 5.75 Å². The summed E-state index contributed by atoms with van der Waals surface area (Å²) < 4.78 is 5.99. The van der Waals surface area contributed by atoms with E-state index in [1.807, 2.05) is 0 Å². The van der Waals surface area contributed by atoms with Gasteiger partial charge in [0, 0.05) is 11.1 Å². The number of amides is 1. The molecule has 0 spiro atoms. The van der Waals surface area contributed by atoms with Gasteiger partial charge in [-0.1, -0.05) is 35.3 Å². The Kier molecular flexibility index (Phi) is 6.05. The molecule has 4 nitrogen and oxygen atoms in total. The van der Waals surface area contributed by atoms with Gasteiger partial charge in [0.15, 0.2) is 0 Å². The minimum absolute atomic E-state index is 0.324. The molecule has 0 unspecified atom stereocenters. The third-order valence-electron chi connectivity index (χ3n) is 2.77. The molecule has 0 saturated carbocycles. The van der Waals surface area contributed by atoms with Crippen molar-refractivity contribution >= 4 is 57.9 Å². The Balaban J connectivity index is 2.08. The molecule has 0 fully saturated rings. The Morgan fingerprint density at radius 1 is 1.32 bits per heavy atom. The second-order valence-corrected chi connectivity index (χ2v) is 6.14. The van der Waals surface area contributed by atoms with E-state index in [4.69, 9.17) is 27.9 Å². The van der Waals surface area contributed by atoms with Crippen molar-refractivity contribution in [3.05, 3.63) is 61.1 Å². The normalized spacial score (nSPS) is 10.7. The first-order valence-electron chi connectivity index (χ1n) is 6.14. The van der Waals surface area contributed by atoms with Crippen LogP contribution in [0.5, 0.6) is 5.75 Å². The topological polar surface area (TPSA) is 50.7 Å². The molecule has 2 aromatic carbocycles. The molecule has 0 aliphatic heterocycles. The predicted octanol–water partition coefficient (Wildman–Crippen LogP) is 4.37. The highest BCUT2D eigenvalue weighted by atomic mass is 127. The van der Waals surface area contributed by atoms with Crippen LogP contribution in [-0.2, 0) is 0 Å². The standard InChI is InChI=1S/C15H11Cl2IN2O2/c1-22-13-6-5-9(7-12(13)18)15(21)20-19-8-10-3-2-4-11(16)14(10)17/h2-8H,1H3,(H,20,21)/b19-8+. The first kappa shape index (κ1) is 17.1. The minimum atomic E-state index is -0.324. The molecular weight excluding hydrogens is 438 g/mol. The van der Waals surface area contributed by atoms with Crippen molar-refractivity contribution < 1.29 is 9.53 Å². The third-order valence-corrected chi connectivity index (χ3v) is 4.44. The third kappa shape index (κ3) is 4.12. The molecule has 1 amide bonds. The molecule has 2 aromatic rings. The van der Waals surface area contributed by atoms with Gasteiger partial charge in [0.25, 0.3) is 5.91 Å². The summed E-state index contributed by atoms with van der Waals surface area (Å²) in [7, 11) is 1.58. The molecule has 2 rings (SSSR count). The molecule has 0 bridgehead atoms. The van der Waals surface area contributed by atoms with Crippen LogP contribution >= 0.6 is 45.8 Å². The van der Waals surface area contributed by atoms with Crippen molar-refractivity contribution in [2.24, 2.45) is 5.10 Å². The maximum absolute atomic E-state index is 12.0. The Morgan fingerprint density at radius 2 is 2.09 bits per heavy atom. The van der Waals surface area contributed by atoms with E-state index in [2.05, 4.69) is 33.1 Å². The molecule has 0 aromatic heterocycles. The summed E-state index contributed by atoms with van der Waals surface area (Å²) in [5.41, 5.74) is 3.55. The van der Waals surface area contributed by atoms with Crippen LogP contribution in [0, 0.1) is 3.57 Å². The summed E-state index contributed by atoms with van der Waals surface area (Å²) >= 11 is 14.0. The summed E-state index contributed by atoms with van der Waals surface area (Å²) in [6, 6.07) is 10.3. The van der Waals surface area contributed by atoms with Crippen LogP contribution in [0.15, 0.2) is 41.5 Å². The van der Waals surface area contributed by atoms with Gasteiger partial charge in [-0.3, -0.25) is 4.79 Å². The van der Waals surface area contributed by atoms with Gasteiger partial charge < -0.3 is 4.74 Å². The van der Waals surface area contributed by atoms with Crippen molar-refractivity contribution in [1.82, 2.24) is 5.43 Å². The van der Waals surface area contributed by atoms with Crippen LogP contribution in [0.2, 0.25) is 10.0 Å². The predicted molar refractivity (Wildman–Crippen MR) is 97.2 cm³/mol. The number of carbonyl (C=O) groups is 1. The monoisotopic (exact) mass is 448 g/mol. The molecular formula is C15H11Cl2IN2O2. The van der Waals surface area contributed by atoms with E-state index in [1.54, 1.807) is 43.5 Å². The first-order valence-corrected chi connectivity index (χ1v) is 7.97. The average molecular weight is 449 g/mol. The maximum atomic E-state index is 12.0. The van der Waals surface area contributed by atoms with E-state index in [0.717, 1.165) is 3.57 Å². The Hall–Kier alpha value is -1.31. The largest absolute Gasteiger partial charge is 0.496 e. The summed E-state index contributed by atoms with van der Waals surface area (Å²) in [5, 5.41) is 4.71. The molecule has 0 aliphatic carbocycles. The molecule has 0 saturated heterocycles. The van der Waals surface area contributed by atoms with E-state index in [0.29, 0.717) is 26.9 Å². The number of halogens is 3. The summed E-state index contributed by atoms with van der Waals surface area (Å²) in [4.78, 5) is 12.0. The van der Waals surface area contributed by atoms with Gasteiger partial charge in [-0.05, 0) is 46.9 Å². The highest BCUT2D eigenvalue weighted by Crippen LogP contribution is 2.24. The van der Waals surface area contributed by atoms with Crippen LogP contribution in [0.25, 0.3) is 0 Å². The van der Waals surface area contributed by atoms with Gasteiger partial charge in [0.2, 0.25) is 0 Å². The van der Waals surface area contributed by atoms with Crippen LogP contribution in [-0.4, -0.2) is 19.2 Å². The Bertz CT molecular complexity index is 735. The summed E-state index contributed by atoms with van der Waals surface area (Å²) in [6.45, 7) is 0. The number of methoxy groups -OCH3 is 1. The molecule has 0 aliphatic rings. The van der Waals surface area contributed by atoms with E-state index < -0.39 is 0 Å². The Labute approximate surface area is 151 Å². The maximum Gasteiger partial charge on any atom is 0.271 e. The van der Waals surface area contributed by atoms with Gasteiger partial charge in [-0.25, -0.2) is 5.43 Å². The fraction of sp³-hybridized carbons (Fsp3) is 0.0667. The zero-order valence-corrected chi connectivity index (χ0v) is 15.1. The molecule has 22 heavy (non-hydrogen) atoms. The first-order chi connectivity index (χ1) is 10.5. The average Bonchev–Trinajstić information content (AvgIpc) is 2.51. The van der Waals surface area contributed by atoms with E-state index in [1.165, 1.54) is 6.21 Å². The van der Waals surface area contributed by atoms with Gasteiger partial charge in [0.1, 0.15) is 5.75 Å². The summed E-state index contributed by atoms with van der Waals surface area (Å²) in [5.74, 6) is 0.390. The quantitative estimate of drug-likeness (QED) is 0.429. The van der Waals surface area contributed by atoms with E-state index >= 15 is 0 Å². The van der Waals surface area contributed by atoms with Crippen molar-refractivity contribution in [2.45, 2.75) is 0 Å². The number of hydrazone groups is 1. The lowest BCUT2D eigenvalue weighted by Gasteiger charge is -2.05. The fourth-order valence-corrected chi connectivity index (χ4v) is 2.74. The van der Waals surface area contributed by atoms with Crippen LogP contribution in [0.1, 0.15) is 15.9 Å². The number of rotatable bonds is 4. The highest BCUT2D eigenvalue weighted by Gasteiger charge is 2.08. The van der Waals surface area contributed by atoms with Crippen LogP contribution < -0.4 is 10.2 Å². The fourth-order valence-electron chi connectivity index (χ4n) is 1.65. The van der Waals surface area contributed by atoms with Crippen molar-refractivity contribution in [3.63, 3.8) is 0 Å². The lowest BCUT2D eigenvalue weighted by molar-refractivity contribution is 0.0955. The molecule has 0 atom stereocenters. The van der Waals surface area contributed by atoms with Gasteiger partial charge in [-0.15, -0.1) is 0 Å². The molecule has 1 N–H and O–H groups in total. The lowest BCUT2D eigenvalue weighted by Crippen LogP contribution is -2.17. The van der Waals surface area contributed by atoms with Gasteiger partial charge >= 0.3 is 0 Å². The second kappa shape index (κ2) is 7.80. The molecule has 0 radical (unpaired) electrons. The second-order valence-electron chi connectivity index (χ2n) is 4.19. The zero-order valence-electron chi connectivity index (χ0n) is 11.4. The van der Waals surface area contributed by atoms with E-state index in [-0.39, 0.29) is 5.91 Å². The van der Waals surface area contributed by atoms with Gasteiger partial charge in [0.05, 0.1) is 26.9 Å². The summed E-state index contributed by atoms with van der Waals surface area (Å²) in [6.07, 6.45) is 1.45. The number of ether oxygens (including phenoxy) is 1. The molecule has 0 heterocycles. The van der Waals surface area contributed by atoms with E-state index in [9.17, 15) is 4.79 Å². The lowest BCUT2D eigenvalue weighted by atomic mass is 10.2. The zero-order chi connectivity index (χ0) is 16.1. The number of benzene rings is 2. The van der Waals surface area contributed by atoms with Crippen LogP contribution in [0.3, 0.4) is 0 Å². The smallest absolute Gasteiger partial charge is 0.271 e. The number of nitrogens with one attached hydrogen (secondary N) is 1. The molecule has 114 valence electrons. The number of nitrogens with zero attached hydrogens (tertiary/aromatic N) is 1. The van der Waals surface area contributed by atoms with Crippen LogP contribution in [0.4, 0.5) is 0 Å².